The summed E-state index contributed by atoms with van der Waals surface area (Å²) in [6, 6.07) is 0. The summed E-state index contributed by atoms with van der Waals surface area (Å²) >= 11 is 0. The highest BCUT2D eigenvalue weighted by atomic mass is 13.8. The molecular formula is C20H46. The average molecular weight is 287 g/mol. The van der Waals surface area contributed by atoms with Gasteiger partial charge >= 0.3 is 0 Å². The van der Waals surface area contributed by atoms with Crippen molar-refractivity contribution >= 4 is 0 Å². The van der Waals surface area contributed by atoms with Gasteiger partial charge in [-0.3, -0.25) is 0 Å². The fraction of sp³-hybridized carbons (Fsp3) is 0.700. The first-order chi connectivity index (χ1) is 9.83. The Balaban J connectivity index is -0.0000000328. The Labute approximate surface area is 133 Å². The number of hydrogen-bond acceptors (Lipinski definition) is 0. The molecule has 0 aromatic carbocycles. The van der Waals surface area contributed by atoms with E-state index in [1.807, 2.05) is 67.5 Å². The first-order valence-electron chi connectivity index (χ1n) is 8.73. The van der Waals surface area contributed by atoms with Gasteiger partial charge in [0.05, 0.1) is 0 Å². The van der Waals surface area contributed by atoms with Crippen LogP contribution in [-0.2, 0) is 0 Å². The Morgan fingerprint density at radius 3 is 0.850 bits per heavy atom. The molecule has 0 fully saturated rings. The maximum atomic E-state index is 3.46. The van der Waals surface area contributed by atoms with Crippen molar-refractivity contribution in [3.05, 3.63) is 37.5 Å². The lowest BCUT2D eigenvalue weighted by molar-refractivity contribution is 0.702. The summed E-state index contributed by atoms with van der Waals surface area (Å²) in [6.07, 6.45) is 12.6. The molecule has 0 heteroatoms. The minimum Gasteiger partial charge on any atom is -0.0991 e. The van der Waals surface area contributed by atoms with Crippen LogP contribution in [-0.4, -0.2) is 0 Å². The highest BCUT2D eigenvalue weighted by Gasteiger charge is 1.75. The lowest BCUT2D eigenvalue weighted by Crippen LogP contribution is -1.66. The second-order valence-corrected chi connectivity index (χ2v) is 2.56. The molecule has 0 aromatic heterocycles. The highest BCUT2D eigenvalue weighted by molar-refractivity contribution is 5.05. The molecule has 0 N–H and O–H groups in total. The first kappa shape index (κ1) is 36.5. The Morgan fingerprint density at radius 1 is 0.550 bits per heavy atom. The van der Waals surface area contributed by atoms with Crippen molar-refractivity contribution in [2.24, 2.45) is 0 Å². The van der Waals surface area contributed by atoms with Gasteiger partial charge < -0.3 is 0 Å². The maximum absolute atomic E-state index is 3.46. The van der Waals surface area contributed by atoms with Crippen LogP contribution >= 0.6 is 0 Å². The fourth-order valence-corrected chi connectivity index (χ4v) is 0.657. The van der Waals surface area contributed by atoms with Gasteiger partial charge in [-0.25, -0.2) is 0 Å². The van der Waals surface area contributed by atoms with E-state index in [1.165, 1.54) is 25.7 Å². The zero-order valence-corrected chi connectivity index (χ0v) is 16.6. The Kier molecular flexibility index (Phi) is 189. The lowest BCUT2D eigenvalue weighted by atomic mass is 10.2. The molecule has 0 aromatic rings. The topological polar surface area (TPSA) is 0 Å². The van der Waals surface area contributed by atoms with Crippen molar-refractivity contribution in [3.8, 4) is 0 Å². The standard InChI is InChI=1S/C6H14.C6H8.4C2H6/c2*1-3-5-6-4-2;4*1-2/h3-6H2,1-2H3;3-6H,1-2H2;4*1-2H3/b;6-5-;;;;. The summed E-state index contributed by atoms with van der Waals surface area (Å²) in [6.45, 7) is 27.4. The van der Waals surface area contributed by atoms with Gasteiger partial charge in [0.1, 0.15) is 0 Å². The van der Waals surface area contributed by atoms with Crippen LogP contribution in [0.2, 0.25) is 0 Å². The molecule has 0 atom stereocenters. The zero-order chi connectivity index (χ0) is 17.7. The van der Waals surface area contributed by atoms with E-state index >= 15 is 0 Å². The van der Waals surface area contributed by atoms with E-state index in [0.29, 0.717) is 0 Å². The molecule has 126 valence electrons. The molecule has 0 nitrogen and oxygen atoms in total. The molecule has 0 rings (SSSR count). The predicted octanol–water partition coefficient (Wildman–Crippen LogP) is 8.61. The van der Waals surface area contributed by atoms with E-state index < -0.39 is 0 Å². The summed E-state index contributed by atoms with van der Waals surface area (Å²) in [5.74, 6) is 0. The maximum Gasteiger partial charge on any atom is -0.0536 e. The molecular weight excluding hydrogens is 240 g/mol. The smallest absolute Gasteiger partial charge is 0.0536 e. The third-order valence-corrected chi connectivity index (χ3v) is 1.34. The molecule has 0 saturated heterocycles. The van der Waals surface area contributed by atoms with Crippen LogP contribution in [0.15, 0.2) is 37.5 Å². The molecule has 0 saturated carbocycles. The molecule has 0 aliphatic rings. The van der Waals surface area contributed by atoms with E-state index in [0.717, 1.165) is 0 Å². The van der Waals surface area contributed by atoms with Gasteiger partial charge in [-0.1, -0.05) is 132 Å². The second kappa shape index (κ2) is 104. The van der Waals surface area contributed by atoms with E-state index in [-0.39, 0.29) is 0 Å². The molecule has 0 heterocycles. The van der Waals surface area contributed by atoms with Gasteiger partial charge in [0.2, 0.25) is 0 Å². The Bertz CT molecular complexity index is 95.2. The van der Waals surface area contributed by atoms with Crippen molar-refractivity contribution < 1.29 is 0 Å². The third kappa shape index (κ3) is 166. The van der Waals surface area contributed by atoms with Crippen molar-refractivity contribution in [2.75, 3.05) is 0 Å². The summed E-state index contributed by atoms with van der Waals surface area (Å²) in [4.78, 5) is 0. The van der Waals surface area contributed by atoms with Crippen molar-refractivity contribution in [1.82, 2.24) is 0 Å². The summed E-state index contributed by atoms with van der Waals surface area (Å²) in [5, 5.41) is 0. The zero-order valence-electron chi connectivity index (χ0n) is 16.6. The van der Waals surface area contributed by atoms with E-state index in [2.05, 4.69) is 27.0 Å². The molecule has 20 heavy (non-hydrogen) atoms. The summed E-state index contributed by atoms with van der Waals surface area (Å²) in [7, 11) is 0. The van der Waals surface area contributed by atoms with E-state index in [4.69, 9.17) is 0 Å². The van der Waals surface area contributed by atoms with Crippen LogP contribution in [0.25, 0.3) is 0 Å². The number of allylic oxidation sites excluding steroid dienone is 4. The molecule has 0 aliphatic heterocycles. The van der Waals surface area contributed by atoms with Crippen LogP contribution in [0.5, 0.6) is 0 Å². The third-order valence-electron chi connectivity index (χ3n) is 1.34. The normalized spacial score (nSPS) is 6.50. The van der Waals surface area contributed by atoms with Gasteiger partial charge in [0.15, 0.2) is 0 Å². The Hall–Kier alpha value is -0.780. The lowest BCUT2D eigenvalue weighted by Gasteiger charge is -1.86. The highest BCUT2D eigenvalue weighted by Crippen LogP contribution is 1.95. The Morgan fingerprint density at radius 2 is 0.750 bits per heavy atom. The largest absolute Gasteiger partial charge is 0.0991 e. The molecule has 0 spiro atoms. The predicted molar refractivity (Wildman–Crippen MR) is 105 cm³/mol. The molecule has 0 amide bonds. The van der Waals surface area contributed by atoms with E-state index in [9.17, 15) is 0 Å². The number of unbranched alkanes of at least 4 members (excludes halogenated alkanes) is 3. The molecule has 0 bridgehead atoms. The second-order valence-electron chi connectivity index (χ2n) is 2.56. The quantitative estimate of drug-likeness (QED) is 0.350. The van der Waals surface area contributed by atoms with E-state index in [1.54, 1.807) is 12.2 Å². The monoisotopic (exact) mass is 286 g/mol. The van der Waals surface area contributed by atoms with Gasteiger partial charge in [-0.2, -0.15) is 0 Å². The van der Waals surface area contributed by atoms with Gasteiger partial charge in [-0.15, -0.1) is 0 Å². The van der Waals surface area contributed by atoms with Crippen molar-refractivity contribution in [3.63, 3.8) is 0 Å². The van der Waals surface area contributed by atoms with Crippen LogP contribution in [0.1, 0.15) is 94.9 Å². The van der Waals surface area contributed by atoms with Gasteiger partial charge in [0, 0.05) is 0 Å². The van der Waals surface area contributed by atoms with Crippen molar-refractivity contribution in [1.29, 1.82) is 0 Å². The molecule has 0 unspecified atom stereocenters. The summed E-state index contributed by atoms with van der Waals surface area (Å²) < 4.78 is 0. The SMILES string of the molecule is C=C/C=C\C=C.CC.CC.CC.CC.CCCCCC. The van der Waals surface area contributed by atoms with Gasteiger partial charge in [-0.05, 0) is 0 Å². The van der Waals surface area contributed by atoms with Crippen LogP contribution in [0.3, 0.4) is 0 Å². The van der Waals surface area contributed by atoms with Gasteiger partial charge in [0.25, 0.3) is 0 Å². The molecule has 0 aliphatic carbocycles. The molecule has 0 radical (unpaired) electrons. The van der Waals surface area contributed by atoms with Crippen LogP contribution < -0.4 is 0 Å². The van der Waals surface area contributed by atoms with Crippen molar-refractivity contribution in [2.45, 2.75) is 94.9 Å². The van der Waals surface area contributed by atoms with Crippen LogP contribution in [0.4, 0.5) is 0 Å². The summed E-state index contributed by atoms with van der Waals surface area (Å²) in [5.41, 5.74) is 0. The minimum absolute atomic E-state index is 1.36. The minimum atomic E-state index is 1.36. The first-order valence-corrected chi connectivity index (χ1v) is 8.73. The fourth-order valence-electron chi connectivity index (χ4n) is 0.657. The number of rotatable bonds is 5. The average Bonchev–Trinajstić information content (AvgIpc) is 2.59. The van der Waals surface area contributed by atoms with Crippen LogP contribution in [0, 0.1) is 0 Å². The number of hydrogen-bond donors (Lipinski definition) is 0.